The second-order valence-electron chi connectivity index (χ2n) is 10.9. The summed E-state index contributed by atoms with van der Waals surface area (Å²) in [5.41, 5.74) is 3.03. The third-order valence-corrected chi connectivity index (χ3v) is 7.83. The van der Waals surface area contributed by atoms with Gasteiger partial charge in [0.05, 0.1) is 11.4 Å². The third kappa shape index (κ3) is 6.30. The van der Waals surface area contributed by atoms with Gasteiger partial charge in [-0.3, -0.25) is 9.59 Å². The van der Waals surface area contributed by atoms with Crippen molar-refractivity contribution in [1.82, 2.24) is 15.3 Å². The summed E-state index contributed by atoms with van der Waals surface area (Å²) in [5, 5.41) is 7.76. The first-order valence-corrected chi connectivity index (χ1v) is 14.1. The van der Waals surface area contributed by atoms with Crippen molar-refractivity contribution < 1.29 is 9.59 Å². The van der Waals surface area contributed by atoms with Gasteiger partial charge in [-0.2, -0.15) is 4.98 Å². The molecule has 0 aliphatic heterocycles. The first kappa shape index (κ1) is 27.3. The van der Waals surface area contributed by atoms with E-state index in [2.05, 4.69) is 16.7 Å². The molecule has 1 heterocycles. The van der Waals surface area contributed by atoms with Gasteiger partial charge in [0.1, 0.15) is 5.82 Å². The lowest BCUT2D eigenvalue weighted by Gasteiger charge is -2.30. The molecular weight excluding hydrogens is 498 g/mol. The number of para-hydroxylation sites is 1. The fourth-order valence-electron chi connectivity index (χ4n) is 5.41. The third-order valence-electron chi connectivity index (χ3n) is 7.83. The number of nitrogens with zero attached hydrogens (tertiary/aromatic N) is 3. The maximum absolute atomic E-state index is 13.0. The van der Waals surface area contributed by atoms with Crippen LogP contribution in [-0.2, 0) is 4.79 Å². The van der Waals surface area contributed by atoms with Crippen LogP contribution in [0.5, 0.6) is 0 Å². The molecule has 3 aromatic carbocycles. The highest BCUT2D eigenvalue weighted by molar-refractivity contribution is 6.09. The molecule has 1 aliphatic carbocycles. The van der Waals surface area contributed by atoms with Gasteiger partial charge in [-0.1, -0.05) is 60.7 Å². The Morgan fingerprint density at radius 3 is 2.33 bits per heavy atom. The summed E-state index contributed by atoms with van der Waals surface area (Å²) in [6.45, 7) is 2.56. The summed E-state index contributed by atoms with van der Waals surface area (Å²) < 4.78 is 0. The van der Waals surface area contributed by atoms with E-state index in [0.717, 1.165) is 48.0 Å². The van der Waals surface area contributed by atoms with Gasteiger partial charge in [0.2, 0.25) is 11.9 Å². The topological polar surface area (TPSA) is 87.2 Å². The number of carbonyl (C=O) groups excluding carboxylic acids is 2. The molecule has 1 aliphatic rings. The monoisotopic (exact) mass is 535 g/mol. The fraction of sp³-hybridized carbons (Fsp3) is 0.333. The summed E-state index contributed by atoms with van der Waals surface area (Å²) >= 11 is 0. The maximum Gasteiger partial charge on any atom is 0.227 e. The molecule has 0 spiro atoms. The Kier molecular flexibility index (Phi) is 8.39. The molecule has 7 heteroatoms. The number of hydrogen-bond acceptors (Lipinski definition) is 6. The molecular formula is C33H37N5O2. The SMILES string of the molecule is C[C@H](C(=O)NC[C@H]1CC[C@@H](Nc2nc(N(C)C)c3ccccc3n2)CC1)c1cccc(C(=O)c2ccccc2)c1. The molecule has 40 heavy (non-hydrogen) atoms. The molecule has 5 rings (SSSR count). The summed E-state index contributed by atoms with van der Waals surface area (Å²) in [5.74, 6) is 1.64. The Bertz CT molecular complexity index is 1480. The second-order valence-corrected chi connectivity index (χ2v) is 10.9. The van der Waals surface area contributed by atoms with Gasteiger partial charge in [0, 0.05) is 43.2 Å². The summed E-state index contributed by atoms with van der Waals surface area (Å²) in [6, 6.07) is 25.0. The average molecular weight is 536 g/mol. The van der Waals surface area contributed by atoms with Crippen LogP contribution in [0.25, 0.3) is 10.9 Å². The fourth-order valence-corrected chi connectivity index (χ4v) is 5.41. The number of carbonyl (C=O) groups is 2. The van der Waals surface area contributed by atoms with Crippen LogP contribution >= 0.6 is 0 Å². The number of ketones is 1. The zero-order valence-electron chi connectivity index (χ0n) is 23.4. The van der Waals surface area contributed by atoms with Crippen LogP contribution in [0.1, 0.15) is 60.0 Å². The van der Waals surface area contributed by atoms with Crippen molar-refractivity contribution in [3.63, 3.8) is 0 Å². The van der Waals surface area contributed by atoms with Crippen LogP contribution in [0.15, 0.2) is 78.9 Å². The number of rotatable bonds is 9. The van der Waals surface area contributed by atoms with Gasteiger partial charge < -0.3 is 15.5 Å². The number of nitrogens with one attached hydrogen (secondary N) is 2. The Labute approximate surface area is 236 Å². The van der Waals surface area contributed by atoms with Gasteiger partial charge >= 0.3 is 0 Å². The van der Waals surface area contributed by atoms with Crippen LogP contribution in [0.4, 0.5) is 11.8 Å². The number of fused-ring (bicyclic) bond motifs is 1. The van der Waals surface area contributed by atoms with E-state index >= 15 is 0 Å². The van der Waals surface area contributed by atoms with Gasteiger partial charge in [0.25, 0.3) is 0 Å². The van der Waals surface area contributed by atoms with Crippen molar-refractivity contribution in [2.24, 2.45) is 5.92 Å². The molecule has 0 saturated heterocycles. The molecule has 206 valence electrons. The number of hydrogen-bond donors (Lipinski definition) is 2. The maximum atomic E-state index is 13.0. The highest BCUT2D eigenvalue weighted by Crippen LogP contribution is 2.28. The van der Waals surface area contributed by atoms with Gasteiger partial charge in [0.15, 0.2) is 5.78 Å². The Morgan fingerprint density at radius 2 is 1.57 bits per heavy atom. The van der Waals surface area contributed by atoms with E-state index in [1.807, 2.05) is 92.6 Å². The minimum absolute atomic E-state index is 0.00895. The molecule has 1 amide bonds. The zero-order chi connectivity index (χ0) is 28.1. The Balaban J connectivity index is 1.13. The molecule has 0 bridgehead atoms. The van der Waals surface area contributed by atoms with Crippen molar-refractivity contribution in [2.45, 2.75) is 44.6 Å². The lowest BCUT2D eigenvalue weighted by Crippen LogP contribution is -2.36. The van der Waals surface area contributed by atoms with E-state index in [-0.39, 0.29) is 17.6 Å². The van der Waals surface area contributed by atoms with Crippen LogP contribution < -0.4 is 15.5 Å². The molecule has 0 unspecified atom stereocenters. The minimum atomic E-state index is -0.336. The highest BCUT2D eigenvalue weighted by atomic mass is 16.2. The zero-order valence-corrected chi connectivity index (χ0v) is 23.4. The van der Waals surface area contributed by atoms with E-state index in [4.69, 9.17) is 9.97 Å². The number of amides is 1. The lowest BCUT2D eigenvalue weighted by atomic mass is 9.86. The van der Waals surface area contributed by atoms with Crippen molar-refractivity contribution in [2.75, 3.05) is 30.9 Å². The van der Waals surface area contributed by atoms with Crippen LogP contribution in [0, 0.1) is 5.92 Å². The molecule has 7 nitrogen and oxygen atoms in total. The minimum Gasteiger partial charge on any atom is -0.362 e. The standard InChI is InChI=1S/C33H37N5O2/c1-22(25-12-9-13-26(20-25)30(39)24-10-5-4-6-11-24)32(40)34-21-23-16-18-27(19-17-23)35-33-36-29-15-8-7-14-28(29)31(37-33)38(2)3/h4-15,20,22-23,27H,16-19,21H2,1-3H3,(H,34,40)(H,35,36,37)/t22-,23-,27+/m0/s1. The number of benzene rings is 3. The highest BCUT2D eigenvalue weighted by Gasteiger charge is 2.24. The first-order valence-electron chi connectivity index (χ1n) is 14.1. The summed E-state index contributed by atoms with van der Waals surface area (Å²) in [4.78, 5) is 37.4. The largest absolute Gasteiger partial charge is 0.362 e. The molecule has 1 aromatic heterocycles. The van der Waals surface area contributed by atoms with Gasteiger partial charge in [-0.15, -0.1) is 0 Å². The first-order chi connectivity index (χ1) is 19.4. The Morgan fingerprint density at radius 1 is 0.875 bits per heavy atom. The normalized spacial score (nSPS) is 17.7. The van der Waals surface area contributed by atoms with Crippen molar-refractivity contribution in [3.8, 4) is 0 Å². The van der Waals surface area contributed by atoms with E-state index < -0.39 is 0 Å². The second kappa shape index (κ2) is 12.3. The molecule has 1 atom stereocenters. The predicted octanol–water partition coefficient (Wildman–Crippen LogP) is 5.82. The van der Waals surface area contributed by atoms with E-state index in [9.17, 15) is 9.59 Å². The van der Waals surface area contributed by atoms with E-state index in [1.165, 1.54) is 0 Å². The summed E-state index contributed by atoms with van der Waals surface area (Å²) in [7, 11) is 4.00. The van der Waals surface area contributed by atoms with Crippen LogP contribution in [0.3, 0.4) is 0 Å². The van der Waals surface area contributed by atoms with E-state index in [1.54, 1.807) is 6.07 Å². The smallest absolute Gasteiger partial charge is 0.227 e. The van der Waals surface area contributed by atoms with Crippen molar-refractivity contribution in [3.05, 3.63) is 95.6 Å². The molecule has 1 fully saturated rings. The number of anilines is 2. The molecule has 4 aromatic rings. The quantitative estimate of drug-likeness (QED) is 0.263. The van der Waals surface area contributed by atoms with Gasteiger partial charge in [-0.25, -0.2) is 4.98 Å². The van der Waals surface area contributed by atoms with E-state index in [0.29, 0.717) is 35.6 Å². The Hall–Kier alpha value is -4.26. The van der Waals surface area contributed by atoms with Crippen molar-refractivity contribution >= 4 is 34.4 Å². The summed E-state index contributed by atoms with van der Waals surface area (Å²) in [6.07, 6.45) is 4.07. The average Bonchev–Trinajstić information content (AvgIpc) is 2.99. The molecule has 0 radical (unpaired) electrons. The predicted molar refractivity (Wildman–Crippen MR) is 161 cm³/mol. The molecule has 1 saturated carbocycles. The van der Waals surface area contributed by atoms with Crippen LogP contribution in [-0.4, -0.2) is 48.3 Å². The lowest BCUT2D eigenvalue weighted by molar-refractivity contribution is -0.122. The number of aromatic nitrogens is 2. The van der Waals surface area contributed by atoms with Gasteiger partial charge in [-0.05, 0) is 62.3 Å². The van der Waals surface area contributed by atoms with Crippen LogP contribution in [0.2, 0.25) is 0 Å². The van der Waals surface area contributed by atoms with Crippen molar-refractivity contribution in [1.29, 1.82) is 0 Å². The molecule has 2 N–H and O–H groups in total.